The minimum atomic E-state index is 0.692. The molecule has 0 amide bonds. The van der Waals surface area contributed by atoms with Crippen LogP contribution in [0, 0.1) is 6.58 Å². The van der Waals surface area contributed by atoms with Gasteiger partial charge in [-0.3, -0.25) is 0 Å². The van der Waals surface area contributed by atoms with Gasteiger partial charge in [0.15, 0.2) is 0 Å². The van der Waals surface area contributed by atoms with Crippen LogP contribution in [0.2, 0.25) is 0 Å². The van der Waals surface area contributed by atoms with Crippen molar-refractivity contribution in [2.75, 3.05) is 0 Å². The van der Waals surface area contributed by atoms with E-state index in [2.05, 4.69) is 15.5 Å². The second-order valence-electron chi connectivity index (χ2n) is 1.34. The molecule has 0 aliphatic carbocycles. The molecule has 1 aromatic rings. The molecule has 47 valence electrons. The third kappa shape index (κ3) is 1.29. The summed E-state index contributed by atoms with van der Waals surface area (Å²) in [6, 6.07) is 0. The molecule has 1 heterocycles. The van der Waals surface area contributed by atoms with Gasteiger partial charge >= 0.3 is 0 Å². The molecule has 1 radical (unpaired) electrons. The first kappa shape index (κ1) is 6.28. The molecule has 9 heavy (non-hydrogen) atoms. The smallest absolute Gasteiger partial charge is 0.213 e. The third-order valence-corrected chi connectivity index (χ3v) is 1.45. The molecule has 0 saturated heterocycles. The van der Waals surface area contributed by atoms with Crippen LogP contribution in [0.3, 0.4) is 0 Å². The van der Waals surface area contributed by atoms with Gasteiger partial charge in [0.1, 0.15) is 0 Å². The maximum absolute atomic E-state index is 5.12. The van der Waals surface area contributed by atoms with E-state index in [-0.39, 0.29) is 0 Å². The lowest BCUT2D eigenvalue weighted by Crippen LogP contribution is -1.91. The van der Waals surface area contributed by atoms with Crippen molar-refractivity contribution in [3.63, 3.8) is 0 Å². The van der Waals surface area contributed by atoms with E-state index in [1.165, 1.54) is 17.2 Å². The molecule has 0 spiro atoms. The summed E-state index contributed by atoms with van der Waals surface area (Å²) in [6.45, 7) is 5.12. The van der Waals surface area contributed by atoms with Crippen LogP contribution in [-0.2, 0) is 7.05 Å². The molecular formula is C4H5N4S. The lowest BCUT2D eigenvalue weighted by molar-refractivity contribution is 0.665. The Kier molecular flexibility index (Phi) is 1.84. The number of rotatable bonds is 2. The second kappa shape index (κ2) is 2.63. The molecule has 0 saturated carbocycles. The molecule has 1 rings (SSSR count). The first-order valence-electron chi connectivity index (χ1n) is 2.27. The Morgan fingerprint density at radius 3 is 3.00 bits per heavy atom. The largest absolute Gasteiger partial charge is 0.223 e. The zero-order chi connectivity index (χ0) is 6.69. The first-order chi connectivity index (χ1) is 4.34. The van der Waals surface area contributed by atoms with Crippen LogP contribution in [0.4, 0.5) is 0 Å². The van der Waals surface area contributed by atoms with Crippen LogP contribution in [0.25, 0.3) is 0 Å². The van der Waals surface area contributed by atoms with E-state index in [0.717, 1.165) is 0 Å². The number of thioether (sulfide) groups is 1. The molecule has 5 heteroatoms. The number of aromatic nitrogens is 4. The number of hydrogen-bond acceptors (Lipinski definition) is 4. The van der Waals surface area contributed by atoms with Gasteiger partial charge in [0, 0.05) is 7.05 Å². The summed E-state index contributed by atoms with van der Waals surface area (Å²) in [5, 5.41) is 12.8. The Morgan fingerprint density at radius 1 is 1.78 bits per heavy atom. The van der Waals surface area contributed by atoms with Crippen molar-refractivity contribution < 1.29 is 0 Å². The highest BCUT2D eigenvalue weighted by molar-refractivity contribution is 8.01. The van der Waals surface area contributed by atoms with E-state index in [1.807, 2.05) is 0 Å². The lowest BCUT2D eigenvalue weighted by Gasteiger charge is -1.88. The topological polar surface area (TPSA) is 43.6 Å². The van der Waals surface area contributed by atoms with Crippen LogP contribution in [0.5, 0.6) is 0 Å². The second-order valence-corrected chi connectivity index (χ2v) is 2.21. The van der Waals surface area contributed by atoms with Crippen LogP contribution >= 0.6 is 11.8 Å². The van der Waals surface area contributed by atoms with Gasteiger partial charge < -0.3 is 0 Å². The van der Waals surface area contributed by atoms with Crippen molar-refractivity contribution in [3.05, 3.63) is 12.0 Å². The molecule has 4 nitrogen and oxygen atoms in total. The van der Waals surface area contributed by atoms with Crippen molar-refractivity contribution in [3.8, 4) is 0 Å². The molecule has 1 aromatic heterocycles. The van der Waals surface area contributed by atoms with E-state index in [4.69, 9.17) is 6.58 Å². The summed E-state index contributed by atoms with van der Waals surface area (Å²) in [4.78, 5) is 0. The zero-order valence-electron chi connectivity index (χ0n) is 4.85. The van der Waals surface area contributed by atoms with Crippen molar-refractivity contribution in [1.82, 2.24) is 20.2 Å². The maximum atomic E-state index is 5.12. The Labute approximate surface area is 56.9 Å². The van der Waals surface area contributed by atoms with E-state index in [0.29, 0.717) is 5.16 Å². The third-order valence-electron chi connectivity index (χ3n) is 0.755. The summed E-state index contributed by atoms with van der Waals surface area (Å²) in [5.74, 6) is 0. The van der Waals surface area contributed by atoms with Crippen LogP contribution in [0.15, 0.2) is 10.6 Å². The summed E-state index contributed by atoms with van der Waals surface area (Å²) >= 11 is 1.29. The van der Waals surface area contributed by atoms with Gasteiger partial charge in [-0.25, -0.2) is 4.68 Å². The standard InChI is InChI=1S/C4H5N4S/c1-3-9-4-5-6-7-8(4)2/h1,3H,2H3. The van der Waals surface area contributed by atoms with Crippen molar-refractivity contribution in [2.45, 2.75) is 5.16 Å². The highest BCUT2D eigenvalue weighted by atomic mass is 32.2. The average molecular weight is 141 g/mol. The molecular weight excluding hydrogens is 136 g/mol. The fourth-order valence-electron chi connectivity index (χ4n) is 0.382. The first-order valence-corrected chi connectivity index (χ1v) is 3.15. The SMILES string of the molecule is [CH]=CSc1nnnn1C. The molecule has 0 aromatic carbocycles. The zero-order valence-corrected chi connectivity index (χ0v) is 5.67. The molecule has 0 unspecified atom stereocenters. The molecule has 0 atom stereocenters. The minimum absolute atomic E-state index is 0.692. The number of nitrogens with zero attached hydrogens (tertiary/aromatic N) is 4. The predicted octanol–water partition coefficient (Wildman–Crippen LogP) is 0.249. The number of hydrogen-bond donors (Lipinski definition) is 0. The monoisotopic (exact) mass is 141 g/mol. The summed E-state index contributed by atoms with van der Waals surface area (Å²) < 4.78 is 1.55. The Morgan fingerprint density at radius 2 is 2.56 bits per heavy atom. The molecule has 0 fully saturated rings. The lowest BCUT2D eigenvalue weighted by atomic mass is 11.2. The van der Waals surface area contributed by atoms with Gasteiger partial charge in [-0.15, -0.1) is 5.10 Å². The minimum Gasteiger partial charge on any atom is -0.223 e. The fraction of sp³-hybridized carbons (Fsp3) is 0.250. The molecule has 0 aliphatic rings. The van der Waals surface area contributed by atoms with Gasteiger partial charge in [0.2, 0.25) is 5.16 Å². The van der Waals surface area contributed by atoms with Crippen LogP contribution in [-0.4, -0.2) is 20.2 Å². The highest BCUT2D eigenvalue weighted by Crippen LogP contribution is 2.11. The van der Waals surface area contributed by atoms with E-state index >= 15 is 0 Å². The quantitative estimate of drug-likeness (QED) is 0.554. The fourth-order valence-corrected chi connectivity index (χ4v) is 0.776. The van der Waals surface area contributed by atoms with Gasteiger partial charge in [0.05, 0.1) is 0 Å². The average Bonchev–Trinajstić information content (AvgIpc) is 2.18. The van der Waals surface area contributed by atoms with Gasteiger partial charge in [-0.1, -0.05) is 18.3 Å². The van der Waals surface area contributed by atoms with Gasteiger partial charge in [0.25, 0.3) is 0 Å². The van der Waals surface area contributed by atoms with Crippen molar-refractivity contribution in [2.24, 2.45) is 7.05 Å². The predicted molar refractivity (Wildman–Crippen MR) is 33.5 cm³/mol. The van der Waals surface area contributed by atoms with Crippen molar-refractivity contribution >= 4 is 11.8 Å². The maximum Gasteiger partial charge on any atom is 0.213 e. The summed E-state index contributed by atoms with van der Waals surface area (Å²) in [6.07, 6.45) is 0. The van der Waals surface area contributed by atoms with Gasteiger partial charge in [-0.2, -0.15) is 0 Å². The summed E-state index contributed by atoms with van der Waals surface area (Å²) in [7, 11) is 1.76. The van der Waals surface area contributed by atoms with Crippen LogP contribution < -0.4 is 0 Å². The molecule has 0 aliphatic heterocycles. The highest BCUT2D eigenvalue weighted by Gasteiger charge is 1.96. The van der Waals surface area contributed by atoms with E-state index < -0.39 is 0 Å². The van der Waals surface area contributed by atoms with Gasteiger partial charge in [-0.05, 0) is 15.8 Å². The normalized spacial score (nSPS) is 9.44. The molecule has 0 N–H and O–H groups in total. The Hall–Kier alpha value is -0.840. The van der Waals surface area contributed by atoms with Crippen molar-refractivity contribution in [1.29, 1.82) is 0 Å². The van der Waals surface area contributed by atoms with E-state index in [1.54, 1.807) is 11.7 Å². The molecule has 0 bridgehead atoms. The van der Waals surface area contributed by atoms with Crippen LogP contribution in [0.1, 0.15) is 0 Å². The Bertz CT molecular complexity index is 206. The Balaban J connectivity index is 2.80. The van der Waals surface area contributed by atoms with E-state index in [9.17, 15) is 0 Å². The summed E-state index contributed by atoms with van der Waals surface area (Å²) in [5.41, 5.74) is 0. The number of aryl methyl sites for hydroxylation is 1. The number of tetrazole rings is 1.